The first kappa shape index (κ1) is 11.6. The molecule has 3 rings (SSSR count). The second-order valence-corrected chi connectivity index (χ2v) is 4.48. The molecule has 1 aliphatic heterocycles. The van der Waals surface area contributed by atoms with Crippen molar-refractivity contribution >= 4 is 23.6 Å². The van der Waals surface area contributed by atoms with Crippen molar-refractivity contribution in [2.75, 3.05) is 0 Å². The van der Waals surface area contributed by atoms with Gasteiger partial charge in [0.2, 0.25) is 11.8 Å². The Labute approximate surface area is 108 Å². The molecule has 2 amide bonds. The Hall–Kier alpha value is -2.50. The molecular weight excluding hydrogens is 246 g/mol. The van der Waals surface area contributed by atoms with E-state index in [4.69, 9.17) is 0 Å². The zero-order chi connectivity index (χ0) is 13.4. The van der Waals surface area contributed by atoms with Crippen molar-refractivity contribution in [1.82, 2.24) is 14.7 Å². The molecule has 0 bridgehead atoms. The molecule has 6 heteroatoms. The number of imide groups is 1. The minimum atomic E-state index is -0.393. The maximum absolute atomic E-state index is 11.9. The lowest BCUT2D eigenvalue weighted by atomic mass is 9.93. The Balaban J connectivity index is 2.11. The molecule has 0 saturated carbocycles. The second kappa shape index (κ2) is 4.31. The van der Waals surface area contributed by atoms with Gasteiger partial charge < -0.3 is 4.40 Å². The number of rotatable bonds is 2. The SMILES string of the molecule is O=Cc1ccc(C2CCC(=O)NC2=O)n2cncc12. The molecule has 0 aromatic carbocycles. The van der Waals surface area contributed by atoms with Gasteiger partial charge in [-0.1, -0.05) is 0 Å². The number of fused-ring (bicyclic) bond motifs is 1. The Kier molecular flexibility index (Phi) is 2.63. The van der Waals surface area contributed by atoms with Crippen LogP contribution in [-0.2, 0) is 9.59 Å². The maximum atomic E-state index is 11.9. The van der Waals surface area contributed by atoms with Gasteiger partial charge in [-0.15, -0.1) is 0 Å². The van der Waals surface area contributed by atoms with Crippen LogP contribution < -0.4 is 5.32 Å². The lowest BCUT2D eigenvalue weighted by molar-refractivity contribution is -0.134. The predicted molar refractivity (Wildman–Crippen MR) is 65.7 cm³/mol. The predicted octanol–water partition coefficient (Wildman–Crippen LogP) is 0.667. The van der Waals surface area contributed by atoms with Crippen molar-refractivity contribution in [3.05, 3.63) is 35.9 Å². The molecule has 1 saturated heterocycles. The number of hydrogen-bond acceptors (Lipinski definition) is 4. The van der Waals surface area contributed by atoms with E-state index in [1.807, 2.05) is 0 Å². The first-order valence-corrected chi connectivity index (χ1v) is 5.94. The van der Waals surface area contributed by atoms with Crippen LogP contribution in [-0.4, -0.2) is 27.5 Å². The van der Waals surface area contributed by atoms with E-state index in [2.05, 4.69) is 10.3 Å². The maximum Gasteiger partial charge on any atom is 0.235 e. The number of nitrogens with one attached hydrogen (secondary N) is 1. The van der Waals surface area contributed by atoms with Gasteiger partial charge in [0.25, 0.3) is 0 Å². The van der Waals surface area contributed by atoms with Crippen LogP contribution in [0.2, 0.25) is 0 Å². The molecule has 2 aromatic heterocycles. The van der Waals surface area contributed by atoms with Gasteiger partial charge in [0.1, 0.15) is 0 Å². The summed E-state index contributed by atoms with van der Waals surface area (Å²) in [7, 11) is 0. The number of aldehydes is 1. The topological polar surface area (TPSA) is 80.5 Å². The molecule has 1 aliphatic rings. The van der Waals surface area contributed by atoms with Crippen LogP contribution in [0.5, 0.6) is 0 Å². The summed E-state index contributed by atoms with van der Waals surface area (Å²) < 4.78 is 1.73. The van der Waals surface area contributed by atoms with E-state index in [0.29, 0.717) is 23.9 Å². The van der Waals surface area contributed by atoms with Gasteiger partial charge in [-0.25, -0.2) is 4.98 Å². The number of nitrogens with zero attached hydrogens (tertiary/aromatic N) is 2. The van der Waals surface area contributed by atoms with Gasteiger partial charge in [-0.2, -0.15) is 0 Å². The molecule has 2 aromatic rings. The third-order valence-corrected chi connectivity index (χ3v) is 3.37. The van der Waals surface area contributed by atoms with Crippen LogP contribution in [0.4, 0.5) is 0 Å². The highest BCUT2D eigenvalue weighted by atomic mass is 16.2. The molecule has 6 nitrogen and oxygen atoms in total. The summed E-state index contributed by atoms with van der Waals surface area (Å²) in [6.45, 7) is 0. The van der Waals surface area contributed by atoms with Gasteiger partial charge in [0.05, 0.1) is 24.0 Å². The smallest absolute Gasteiger partial charge is 0.235 e. The fourth-order valence-corrected chi connectivity index (χ4v) is 2.41. The van der Waals surface area contributed by atoms with Crippen molar-refractivity contribution < 1.29 is 14.4 Å². The number of imidazole rings is 1. The molecule has 1 fully saturated rings. The normalized spacial score (nSPS) is 19.5. The van der Waals surface area contributed by atoms with Crippen LogP contribution in [0.25, 0.3) is 5.52 Å². The molecule has 96 valence electrons. The zero-order valence-corrected chi connectivity index (χ0v) is 10.00. The highest BCUT2D eigenvalue weighted by molar-refractivity contribution is 6.01. The highest BCUT2D eigenvalue weighted by Crippen LogP contribution is 2.26. The molecule has 3 heterocycles. The van der Waals surface area contributed by atoms with Gasteiger partial charge in [-0.3, -0.25) is 19.7 Å². The molecule has 19 heavy (non-hydrogen) atoms. The van der Waals surface area contributed by atoms with E-state index in [-0.39, 0.29) is 11.8 Å². The van der Waals surface area contributed by atoms with E-state index in [9.17, 15) is 14.4 Å². The molecular formula is C13H11N3O3. The summed E-state index contributed by atoms with van der Waals surface area (Å²) >= 11 is 0. The van der Waals surface area contributed by atoms with Gasteiger partial charge in [0.15, 0.2) is 6.29 Å². The third kappa shape index (κ3) is 1.81. The summed E-state index contributed by atoms with van der Waals surface area (Å²) in [4.78, 5) is 38.0. The molecule has 0 spiro atoms. The first-order valence-electron chi connectivity index (χ1n) is 5.94. The van der Waals surface area contributed by atoms with Crippen LogP contribution in [0.1, 0.15) is 34.8 Å². The summed E-state index contributed by atoms with van der Waals surface area (Å²) in [6, 6.07) is 3.40. The van der Waals surface area contributed by atoms with Crippen molar-refractivity contribution in [1.29, 1.82) is 0 Å². The third-order valence-electron chi connectivity index (χ3n) is 3.37. The average molecular weight is 257 g/mol. The minimum absolute atomic E-state index is 0.243. The number of pyridine rings is 1. The van der Waals surface area contributed by atoms with E-state index in [1.165, 1.54) is 0 Å². The number of piperidine rings is 1. The largest absolute Gasteiger partial charge is 0.302 e. The van der Waals surface area contributed by atoms with Crippen LogP contribution in [0.15, 0.2) is 24.7 Å². The zero-order valence-electron chi connectivity index (χ0n) is 10.00. The lowest BCUT2D eigenvalue weighted by Crippen LogP contribution is -2.40. The minimum Gasteiger partial charge on any atom is -0.302 e. The van der Waals surface area contributed by atoms with Gasteiger partial charge >= 0.3 is 0 Å². The summed E-state index contributed by atoms with van der Waals surface area (Å²) in [5.41, 5.74) is 1.92. The van der Waals surface area contributed by atoms with Crippen LogP contribution in [0, 0.1) is 0 Å². The number of hydrogen-bond donors (Lipinski definition) is 1. The fourth-order valence-electron chi connectivity index (χ4n) is 2.41. The molecule has 1 unspecified atom stereocenters. The van der Waals surface area contributed by atoms with Gasteiger partial charge in [0, 0.05) is 17.7 Å². The first-order chi connectivity index (χ1) is 9.20. The fraction of sp³-hybridized carbons (Fsp3) is 0.231. The number of amides is 2. The quantitative estimate of drug-likeness (QED) is 0.633. The standard InChI is InChI=1S/C13H11N3O3/c17-6-8-1-3-10(16-7-14-5-11(8)16)9-2-4-12(18)15-13(9)19/h1,3,5-7,9H,2,4H2,(H,15,18,19). The van der Waals surface area contributed by atoms with Crippen molar-refractivity contribution in [3.63, 3.8) is 0 Å². The molecule has 1 N–H and O–H groups in total. The number of aromatic nitrogens is 2. The van der Waals surface area contributed by atoms with E-state index in [1.54, 1.807) is 29.1 Å². The molecule has 1 atom stereocenters. The lowest BCUT2D eigenvalue weighted by Gasteiger charge is -2.22. The Morgan fingerprint density at radius 2 is 2.21 bits per heavy atom. The van der Waals surface area contributed by atoms with Crippen LogP contribution >= 0.6 is 0 Å². The van der Waals surface area contributed by atoms with E-state index < -0.39 is 5.92 Å². The van der Waals surface area contributed by atoms with Crippen molar-refractivity contribution in [2.24, 2.45) is 0 Å². The number of carbonyl (C=O) groups is 3. The van der Waals surface area contributed by atoms with E-state index in [0.717, 1.165) is 12.0 Å². The van der Waals surface area contributed by atoms with E-state index >= 15 is 0 Å². The van der Waals surface area contributed by atoms with Crippen LogP contribution in [0.3, 0.4) is 0 Å². The Bertz CT molecular complexity index is 689. The Morgan fingerprint density at radius 1 is 1.37 bits per heavy atom. The van der Waals surface area contributed by atoms with Crippen molar-refractivity contribution in [3.8, 4) is 0 Å². The summed E-state index contributed by atoms with van der Waals surface area (Å²) in [6.07, 6.45) is 4.70. The Morgan fingerprint density at radius 3 is 2.95 bits per heavy atom. The molecule has 0 aliphatic carbocycles. The van der Waals surface area contributed by atoms with Crippen molar-refractivity contribution in [2.45, 2.75) is 18.8 Å². The average Bonchev–Trinajstić information content (AvgIpc) is 2.87. The summed E-state index contributed by atoms with van der Waals surface area (Å²) in [5, 5.41) is 2.33. The second-order valence-electron chi connectivity index (χ2n) is 4.48. The summed E-state index contributed by atoms with van der Waals surface area (Å²) in [5.74, 6) is -0.937. The molecule has 0 radical (unpaired) electrons. The van der Waals surface area contributed by atoms with Gasteiger partial charge in [-0.05, 0) is 18.6 Å². The highest BCUT2D eigenvalue weighted by Gasteiger charge is 2.29. The number of carbonyl (C=O) groups excluding carboxylic acids is 3. The monoisotopic (exact) mass is 257 g/mol.